The maximum absolute atomic E-state index is 13.9. The van der Waals surface area contributed by atoms with Gasteiger partial charge in [-0.25, -0.2) is 12.8 Å². The molecule has 0 saturated heterocycles. The fourth-order valence-electron chi connectivity index (χ4n) is 3.95. The molecule has 0 bridgehead atoms. The molecular formula is C27H28Cl2FN3O5S. The van der Waals surface area contributed by atoms with Crippen molar-refractivity contribution >= 4 is 50.7 Å². The van der Waals surface area contributed by atoms with Crippen LogP contribution in [0, 0.1) is 5.82 Å². The summed E-state index contributed by atoms with van der Waals surface area (Å²) in [5.74, 6) is -1.27. The highest BCUT2D eigenvalue weighted by atomic mass is 35.5. The van der Waals surface area contributed by atoms with Gasteiger partial charge < -0.3 is 15.0 Å². The lowest BCUT2D eigenvalue weighted by Crippen LogP contribution is -2.51. The van der Waals surface area contributed by atoms with Crippen molar-refractivity contribution in [2.75, 3.05) is 25.0 Å². The zero-order valence-corrected chi connectivity index (χ0v) is 23.9. The normalized spacial score (nSPS) is 11.9. The first-order chi connectivity index (χ1) is 18.5. The van der Waals surface area contributed by atoms with Gasteiger partial charge in [-0.05, 0) is 67.1 Å². The van der Waals surface area contributed by atoms with Crippen LogP contribution in [0.1, 0.15) is 18.9 Å². The lowest BCUT2D eigenvalue weighted by atomic mass is 10.1. The number of nitrogens with one attached hydrogen (secondary N) is 1. The third-order valence-electron chi connectivity index (χ3n) is 6.06. The zero-order valence-electron chi connectivity index (χ0n) is 21.5. The molecule has 3 rings (SSSR count). The summed E-state index contributed by atoms with van der Waals surface area (Å²) < 4.78 is 47.2. The second-order valence-corrected chi connectivity index (χ2v) is 11.1. The molecule has 0 aliphatic carbocycles. The molecule has 208 valence electrons. The summed E-state index contributed by atoms with van der Waals surface area (Å²) in [4.78, 5) is 27.8. The number of nitrogens with zero attached hydrogens (tertiary/aromatic N) is 2. The molecule has 8 nitrogen and oxygen atoms in total. The Hall–Kier alpha value is -3.34. The van der Waals surface area contributed by atoms with E-state index >= 15 is 0 Å². The third-order valence-corrected chi connectivity index (χ3v) is 8.56. The van der Waals surface area contributed by atoms with E-state index in [1.54, 1.807) is 25.1 Å². The van der Waals surface area contributed by atoms with Crippen LogP contribution in [0.15, 0.2) is 71.6 Å². The molecule has 12 heteroatoms. The standard InChI is InChI=1S/C27H28Cl2FN3O5S/c1-4-25(27(35)31-2)32(16-22-23(28)6-5-7-24(22)29)26(34)17-33(19-10-8-18(30)9-11-19)39(36,37)21-14-12-20(38-3)13-15-21/h5-15,25H,4,16-17H2,1-3H3,(H,31,35). The van der Waals surface area contributed by atoms with Crippen LogP contribution in [-0.2, 0) is 26.2 Å². The van der Waals surface area contributed by atoms with Crippen LogP contribution in [-0.4, -0.2) is 51.9 Å². The van der Waals surface area contributed by atoms with E-state index in [2.05, 4.69) is 5.32 Å². The number of benzene rings is 3. The first-order valence-electron chi connectivity index (χ1n) is 11.9. The van der Waals surface area contributed by atoms with E-state index in [9.17, 15) is 22.4 Å². The van der Waals surface area contributed by atoms with Gasteiger partial charge in [-0.1, -0.05) is 36.2 Å². The summed E-state index contributed by atoms with van der Waals surface area (Å²) >= 11 is 12.7. The predicted octanol–water partition coefficient (Wildman–Crippen LogP) is 4.89. The molecule has 1 atom stereocenters. The third kappa shape index (κ3) is 7.00. The number of halogens is 3. The molecule has 3 aromatic carbocycles. The number of carbonyl (C=O) groups is 2. The average Bonchev–Trinajstić information content (AvgIpc) is 2.93. The van der Waals surface area contributed by atoms with Gasteiger partial charge in [0, 0.05) is 29.2 Å². The van der Waals surface area contributed by atoms with Crippen molar-refractivity contribution in [3.05, 3.63) is 88.2 Å². The number of methoxy groups -OCH3 is 1. The number of hydrogen-bond donors (Lipinski definition) is 1. The van der Waals surface area contributed by atoms with E-state index in [4.69, 9.17) is 27.9 Å². The van der Waals surface area contributed by atoms with Gasteiger partial charge >= 0.3 is 0 Å². The van der Waals surface area contributed by atoms with Crippen LogP contribution < -0.4 is 14.4 Å². The fourth-order valence-corrected chi connectivity index (χ4v) is 5.88. The Bertz CT molecular complexity index is 1400. The van der Waals surface area contributed by atoms with Crippen molar-refractivity contribution in [3.8, 4) is 5.75 Å². The van der Waals surface area contributed by atoms with Crippen LogP contribution >= 0.6 is 23.2 Å². The number of sulfonamides is 1. The molecule has 0 aliphatic heterocycles. The molecular weight excluding hydrogens is 568 g/mol. The molecule has 39 heavy (non-hydrogen) atoms. The number of hydrogen-bond acceptors (Lipinski definition) is 5. The molecule has 0 aliphatic rings. The maximum Gasteiger partial charge on any atom is 0.264 e. The second kappa shape index (κ2) is 13.1. The number of ether oxygens (including phenoxy) is 1. The summed E-state index contributed by atoms with van der Waals surface area (Å²) in [7, 11) is -1.43. The minimum Gasteiger partial charge on any atom is -0.497 e. The summed E-state index contributed by atoms with van der Waals surface area (Å²) in [6.45, 7) is 0.888. The maximum atomic E-state index is 13.9. The van der Waals surface area contributed by atoms with Crippen LogP contribution in [0.2, 0.25) is 10.0 Å². The lowest BCUT2D eigenvalue weighted by Gasteiger charge is -2.33. The Labute approximate surface area is 237 Å². The monoisotopic (exact) mass is 595 g/mol. The zero-order chi connectivity index (χ0) is 28.7. The predicted molar refractivity (Wildman–Crippen MR) is 149 cm³/mol. The minimum absolute atomic E-state index is 0.0595. The topological polar surface area (TPSA) is 96.0 Å². The van der Waals surface area contributed by atoms with Gasteiger partial charge in [0.2, 0.25) is 11.8 Å². The van der Waals surface area contributed by atoms with Gasteiger partial charge in [0.25, 0.3) is 10.0 Å². The van der Waals surface area contributed by atoms with E-state index in [-0.39, 0.29) is 33.6 Å². The van der Waals surface area contributed by atoms with Crippen molar-refractivity contribution in [2.45, 2.75) is 30.8 Å². The van der Waals surface area contributed by atoms with E-state index in [0.29, 0.717) is 11.3 Å². The number of amides is 2. The smallest absolute Gasteiger partial charge is 0.264 e. The Morgan fingerprint density at radius 3 is 2.10 bits per heavy atom. The number of likely N-dealkylation sites (N-methyl/N-ethyl adjacent to an activating group) is 1. The Morgan fingerprint density at radius 2 is 1.59 bits per heavy atom. The highest BCUT2D eigenvalue weighted by molar-refractivity contribution is 7.92. The minimum atomic E-state index is -4.31. The van der Waals surface area contributed by atoms with Crippen molar-refractivity contribution < 1.29 is 27.1 Å². The molecule has 0 aromatic heterocycles. The fraction of sp³-hybridized carbons (Fsp3) is 0.259. The highest BCUT2D eigenvalue weighted by Gasteiger charge is 2.34. The first-order valence-corrected chi connectivity index (χ1v) is 14.1. The van der Waals surface area contributed by atoms with Crippen LogP contribution in [0.5, 0.6) is 5.75 Å². The number of carbonyl (C=O) groups excluding carboxylic acids is 2. The van der Waals surface area contributed by atoms with E-state index in [1.807, 2.05) is 0 Å². The number of rotatable bonds is 11. The molecule has 0 radical (unpaired) electrons. The summed E-state index contributed by atoms with van der Waals surface area (Å²) in [6.07, 6.45) is 0.231. The van der Waals surface area contributed by atoms with E-state index in [1.165, 1.54) is 55.5 Å². The van der Waals surface area contributed by atoms with Gasteiger partial charge in [-0.2, -0.15) is 0 Å². The van der Waals surface area contributed by atoms with Gasteiger partial charge in [0.15, 0.2) is 0 Å². The molecule has 0 fully saturated rings. The molecule has 0 saturated carbocycles. The van der Waals surface area contributed by atoms with Crippen LogP contribution in [0.25, 0.3) is 0 Å². The summed E-state index contributed by atoms with van der Waals surface area (Å²) in [5, 5.41) is 3.11. The largest absolute Gasteiger partial charge is 0.497 e. The Balaban J connectivity index is 2.09. The SMILES string of the molecule is CCC(C(=O)NC)N(Cc1c(Cl)cccc1Cl)C(=O)CN(c1ccc(F)cc1)S(=O)(=O)c1ccc(OC)cc1. The van der Waals surface area contributed by atoms with Crippen LogP contribution in [0.3, 0.4) is 0 Å². The summed E-state index contributed by atoms with van der Waals surface area (Å²) in [5.41, 5.74) is 0.465. The van der Waals surface area contributed by atoms with E-state index in [0.717, 1.165) is 16.4 Å². The molecule has 0 heterocycles. The second-order valence-electron chi connectivity index (χ2n) is 8.42. The van der Waals surface area contributed by atoms with Gasteiger partial charge in [0.1, 0.15) is 24.2 Å². The van der Waals surface area contributed by atoms with Gasteiger partial charge in [-0.3, -0.25) is 13.9 Å². The van der Waals surface area contributed by atoms with Crippen molar-refractivity contribution in [2.24, 2.45) is 0 Å². The van der Waals surface area contributed by atoms with Crippen LogP contribution in [0.4, 0.5) is 10.1 Å². The Kier molecular flexibility index (Phi) is 10.2. The van der Waals surface area contributed by atoms with Crippen molar-refractivity contribution in [1.82, 2.24) is 10.2 Å². The number of anilines is 1. The molecule has 3 aromatic rings. The first kappa shape index (κ1) is 30.2. The van der Waals surface area contributed by atoms with E-state index < -0.39 is 40.2 Å². The molecule has 2 amide bonds. The molecule has 1 unspecified atom stereocenters. The summed E-state index contributed by atoms with van der Waals surface area (Å²) in [6, 6.07) is 14.2. The van der Waals surface area contributed by atoms with Crippen molar-refractivity contribution in [1.29, 1.82) is 0 Å². The highest BCUT2D eigenvalue weighted by Crippen LogP contribution is 2.29. The molecule has 0 spiro atoms. The Morgan fingerprint density at radius 1 is 1.00 bits per heavy atom. The van der Waals surface area contributed by atoms with Gasteiger partial charge in [-0.15, -0.1) is 0 Å². The van der Waals surface area contributed by atoms with Crippen molar-refractivity contribution in [3.63, 3.8) is 0 Å². The average molecular weight is 597 g/mol. The molecule has 1 N–H and O–H groups in total. The van der Waals surface area contributed by atoms with Gasteiger partial charge in [0.05, 0.1) is 17.7 Å². The quantitative estimate of drug-likeness (QED) is 0.340. The lowest BCUT2D eigenvalue weighted by molar-refractivity contribution is -0.140.